The van der Waals surface area contributed by atoms with Gasteiger partial charge in [-0.1, -0.05) is 6.92 Å². The highest BCUT2D eigenvalue weighted by Gasteiger charge is 2.27. The van der Waals surface area contributed by atoms with E-state index in [0.29, 0.717) is 35.5 Å². The molecule has 1 amide bonds. The van der Waals surface area contributed by atoms with Crippen LogP contribution in [0.15, 0.2) is 5.38 Å². The van der Waals surface area contributed by atoms with Crippen molar-refractivity contribution in [2.24, 2.45) is 5.92 Å². The fourth-order valence-corrected chi connectivity index (χ4v) is 4.16. The summed E-state index contributed by atoms with van der Waals surface area (Å²) in [6.45, 7) is 7.46. The Morgan fingerprint density at radius 1 is 1.45 bits per heavy atom. The fraction of sp³-hybridized carbons (Fsp3) is 0.688. The molecule has 1 saturated heterocycles. The van der Waals surface area contributed by atoms with Gasteiger partial charge in [0.05, 0.1) is 0 Å². The van der Waals surface area contributed by atoms with E-state index < -0.39 is 0 Å². The van der Waals surface area contributed by atoms with Crippen LogP contribution in [-0.2, 0) is 0 Å². The van der Waals surface area contributed by atoms with E-state index in [1.54, 1.807) is 0 Å². The molecule has 0 spiro atoms. The van der Waals surface area contributed by atoms with Crippen LogP contribution >= 0.6 is 11.3 Å². The summed E-state index contributed by atoms with van der Waals surface area (Å²) >= 11 is 1.42. The van der Waals surface area contributed by atoms with E-state index in [9.17, 15) is 4.79 Å². The number of nitrogens with zero attached hydrogens (tertiary/aromatic N) is 2. The van der Waals surface area contributed by atoms with Gasteiger partial charge in [0.15, 0.2) is 11.5 Å². The van der Waals surface area contributed by atoms with Crippen molar-refractivity contribution in [1.29, 1.82) is 0 Å². The topological polar surface area (TPSA) is 42.0 Å². The number of carbonyl (C=O) groups is 1. The molecular formula is C16H24N2O3S. The molecule has 0 radical (unpaired) electrons. The van der Waals surface area contributed by atoms with Gasteiger partial charge >= 0.3 is 0 Å². The minimum absolute atomic E-state index is 0.0466. The van der Waals surface area contributed by atoms with Crippen LogP contribution in [0, 0.1) is 5.92 Å². The lowest BCUT2D eigenvalue weighted by atomic mass is 9.97. The molecule has 1 aromatic rings. The smallest absolute Gasteiger partial charge is 0.267 e. The SMILES string of the molecule is CCN1CCC[C@@H](CN(C)C(=O)c2scc3c2OCCO3)C1. The average molecular weight is 324 g/mol. The van der Waals surface area contributed by atoms with Gasteiger partial charge in [0, 0.05) is 25.5 Å². The highest BCUT2D eigenvalue weighted by atomic mass is 32.1. The first-order valence-electron chi connectivity index (χ1n) is 8.04. The molecule has 1 fully saturated rings. The zero-order valence-corrected chi connectivity index (χ0v) is 14.2. The van der Waals surface area contributed by atoms with Crippen LogP contribution < -0.4 is 9.47 Å². The largest absolute Gasteiger partial charge is 0.485 e. The summed E-state index contributed by atoms with van der Waals surface area (Å²) in [6, 6.07) is 0. The van der Waals surface area contributed by atoms with Gasteiger partial charge in [0.25, 0.3) is 5.91 Å². The minimum Gasteiger partial charge on any atom is -0.485 e. The van der Waals surface area contributed by atoms with Gasteiger partial charge < -0.3 is 19.3 Å². The van der Waals surface area contributed by atoms with Gasteiger partial charge in [-0.15, -0.1) is 11.3 Å². The number of amides is 1. The van der Waals surface area contributed by atoms with E-state index in [0.717, 1.165) is 19.6 Å². The maximum absolute atomic E-state index is 12.7. The molecule has 1 aromatic heterocycles. The Morgan fingerprint density at radius 3 is 3.09 bits per heavy atom. The quantitative estimate of drug-likeness (QED) is 0.852. The maximum Gasteiger partial charge on any atom is 0.267 e. The lowest BCUT2D eigenvalue weighted by Crippen LogP contribution is -2.41. The monoisotopic (exact) mass is 324 g/mol. The number of hydrogen-bond donors (Lipinski definition) is 0. The Bertz CT molecular complexity index is 531. The zero-order chi connectivity index (χ0) is 15.5. The predicted molar refractivity (Wildman–Crippen MR) is 87.1 cm³/mol. The van der Waals surface area contributed by atoms with E-state index in [1.807, 2.05) is 17.3 Å². The zero-order valence-electron chi connectivity index (χ0n) is 13.3. The summed E-state index contributed by atoms with van der Waals surface area (Å²) in [5.41, 5.74) is 0. The molecule has 0 unspecified atom stereocenters. The second kappa shape index (κ2) is 6.87. The van der Waals surface area contributed by atoms with Crippen molar-refractivity contribution in [1.82, 2.24) is 9.80 Å². The summed E-state index contributed by atoms with van der Waals surface area (Å²) in [5.74, 6) is 1.95. The Labute approximate surface area is 135 Å². The number of fused-ring (bicyclic) bond motifs is 1. The first-order valence-corrected chi connectivity index (χ1v) is 8.92. The van der Waals surface area contributed by atoms with Crippen molar-refractivity contribution in [3.63, 3.8) is 0 Å². The lowest BCUT2D eigenvalue weighted by molar-refractivity contribution is 0.0729. The van der Waals surface area contributed by atoms with Crippen molar-refractivity contribution in [3.05, 3.63) is 10.3 Å². The Balaban J connectivity index is 1.63. The summed E-state index contributed by atoms with van der Waals surface area (Å²) in [6.07, 6.45) is 2.43. The molecule has 2 aliphatic rings. The molecule has 0 N–H and O–H groups in total. The molecular weight excluding hydrogens is 300 g/mol. The predicted octanol–water partition coefficient (Wildman–Crippen LogP) is 2.32. The Morgan fingerprint density at radius 2 is 2.27 bits per heavy atom. The summed E-state index contributed by atoms with van der Waals surface area (Å²) < 4.78 is 11.1. The highest BCUT2D eigenvalue weighted by Crippen LogP contribution is 2.39. The molecule has 122 valence electrons. The molecule has 0 saturated carbocycles. The van der Waals surface area contributed by atoms with Crippen molar-refractivity contribution >= 4 is 17.2 Å². The Kier molecular flexibility index (Phi) is 4.88. The van der Waals surface area contributed by atoms with Crippen molar-refractivity contribution in [3.8, 4) is 11.5 Å². The van der Waals surface area contributed by atoms with Gasteiger partial charge in [0.1, 0.15) is 18.1 Å². The number of thiophene rings is 1. The molecule has 2 aliphatic heterocycles. The van der Waals surface area contributed by atoms with Crippen LogP contribution in [0.3, 0.4) is 0 Å². The average Bonchev–Trinajstić information content (AvgIpc) is 2.98. The third-order valence-electron chi connectivity index (χ3n) is 4.42. The summed E-state index contributed by atoms with van der Waals surface area (Å²) in [4.78, 5) is 17.7. The van der Waals surface area contributed by atoms with E-state index in [4.69, 9.17) is 9.47 Å². The second-order valence-corrected chi connectivity index (χ2v) is 6.92. The van der Waals surface area contributed by atoms with Gasteiger partial charge in [-0.3, -0.25) is 4.79 Å². The van der Waals surface area contributed by atoms with E-state index in [1.165, 1.54) is 30.7 Å². The summed E-state index contributed by atoms with van der Waals surface area (Å²) in [5, 5.41) is 1.87. The normalized spacial score (nSPS) is 21.6. The molecule has 22 heavy (non-hydrogen) atoms. The molecule has 0 bridgehead atoms. The van der Waals surface area contributed by atoms with Crippen LogP contribution in [0.2, 0.25) is 0 Å². The molecule has 0 aliphatic carbocycles. The first-order chi connectivity index (χ1) is 10.7. The minimum atomic E-state index is 0.0466. The molecule has 6 heteroatoms. The number of rotatable bonds is 4. The second-order valence-electron chi connectivity index (χ2n) is 6.04. The first kappa shape index (κ1) is 15.6. The number of piperidine rings is 1. The van der Waals surface area contributed by atoms with Gasteiger partial charge in [0.2, 0.25) is 0 Å². The van der Waals surface area contributed by atoms with E-state index in [-0.39, 0.29) is 5.91 Å². The molecule has 0 aromatic carbocycles. The van der Waals surface area contributed by atoms with Crippen molar-refractivity contribution in [2.75, 3.05) is 46.4 Å². The number of ether oxygens (including phenoxy) is 2. The molecule has 3 rings (SSSR count). The van der Waals surface area contributed by atoms with Crippen LogP contribution in [0.25, 0.3) is 0 Å². The van der Waals surface area contributed by atoms with Crippen LogP contribution in [0.4, 0.5) is 0 Å². The van der Waals surface area contributed by atoms with Gasteiger partial charge in [-0.25, -0.2) is 0 Å². The van der Waals surface area contributed by atoms with Crippen LogP contribution in [0.1, 0.15) is 29.4 Å². The van der Waals surface area contributed by atoms with Gasteiger partial charge in [-0.2, -0.15) is 0 Å². The van der Waals surface area contributed by atoms with Crippen LogP contribution in [0.5, 0.6) is 11.5 Å². The summed E-state index contributed by atoms with van der Waals surface area (Å²) in [7, 11) is 1.89. The standard InChI is InChI=1S/C16H24N2O3S/c1-3-18-6-4-5-12(10-18)9-17(2)16(19)15-14-13(11-22-15)20-7-8-21-14/h11-12H,3-10H2,1-2H3/t12-/m0/s1. The van der Waals surface area contributed by atoms with Gasteiger partial charge in [-0.05, 0) is 31.8 Å². The Hall–Kier alpha value is -1.27. The third-order valence-corrected chi connectivity index (χ3v) is 5.35. The maximum atomic E-state index is 12.7. The third kappa shape index (κ3) is 3.22. The molecule has 1 atom stereocenters. The van der Waals surface area contributed by atoms with E-state index in [2.05, 4.69) is 11.8 Å². The number of likely N-dealkylation sites (tertiary alicyclic amines) is 1. The molecule has 5 nitrogen and oxygen atoms in total. The number of hydrogen-bond acceptors (Lipinski definition) is 5. The number of carbonyl (C=O) groups excluding carboxylic acids is 1. The lowest BCUT2D eigenvalue weighted by Gasteiger charge is -2.34. The van der Waals surface area contributed by atoms with Crippen LogP contribution in [-0.4, -0.2) is 62.1 Å². The highest BCUT2D eigenvalue weighted by molar-refractivity contribution is 7.12. The molecule has 3 heterocycles. The fourth-order valence-electron chi connectivity index (χ4n) is 3.24. The van der Waals surface area contributed by atoms with Crippen molar-refractivity contribution < 1.29 is 14.3 Å². The van der Waals surface area contributed by atoms with E-state index >= 15 is 0 Å². The van der Waals surface area contributed by atoms with Crippen molar-refractivity contribution in [2.45, 2.75) is 19.8 Å².